The fourth-order valence-electron chi connectivity index (χ4n) is 3.20. The Bertz CT molecular complexity index is 707. The molecule has 0 spiro atoms. The molecule has 5 heteroatoms. The second kappa shape index (κ2) is 8.48. The van der Waals surface area contributed by atoms with Gasteiger partial charge in [0, 0.05) is 30.7 Å². The molecule has 1 unspecified atom stereocenters. The van der Waals surface area contributed by atoms with Gasteiger partial charge >= 0.3 is 0 Å². The van der Waals surface area contributed by atoms with Crippen molar-refractivity contribution in [1.29, 1.82) is 0 Å². The molecule has 1 aliphatic heterocycles. The number of benzene rings is 2. The number of carbonyl (C=O) groups is 1. The average Bonchev–Trinajstić information content (AvgIpc) is 2.62. The average molecular weight is 358 g/mol. The number of rotatable bonds is 5. The molecule has 1 heterocycles. The zero-order valence-electron chi connectivity index (χ0n) is 14.4. The molecule has 1 amide bonds. The Kier molecular flexibility index (Phi) is 6.08. The maximum Gasteiger partial charge on any atom is 0.234 e. The number of hydrogen-bond donors (Lipinski definition) is 2. The van der Waals surface area contributed by atoms with Crippen molar-refractivity contribution >= 4 is 17.5 Å². The fourth-order valence-corrected chi connectivity index (χ4v) is 3.40. The maximum atomic E-state index is 12.7. The summed E-state index contributed by atoms with van der Waals surface area (Å²) >= 11 is 6.16. The molecular weight excluding hydrogens is 334 g/mol. The highest BCUT2D eigenvalue weighted by atomic mass is 35.5. The Morgan fingerprint density at radius 3 is 2.72 bits per heavy atom. The Balaban J connectivity index is 1.77. The van der Waals surface area contributed by atoms with Gasteiger partial charge in [-0.05, 0) is 30.2 Å². The van der Waals surface area contributed by atoms with Gasteiger partial charge in [0.05, 0.1) is 12.6 Å². The van der Waals surface area contributed by atoms with Crippen molar-refractivity contribution in [3.8, 4) is 0 Å². The highest BCUT2D eigenvalue weighted by Crippen LogP contribution is 2.24. The van der Waals surface area contributed by atoms with Gasteiger partial charge in [0.15, 0.2) is 0 Å². The predicted octanol–water partition coefficient (Wildman–Crippen LogP) is 2.84. The molecule has 2 atom stereocenters. The lowest BCUT2D eigenvalue weighted by molar-refractivity contribution is -0.123. The van der Waals surface area contributed by atoms with E-state index in [2.05, 4.69) is 22.5 Å². The van der Waals surface area contributed by atoms with E-state index in [9.17, 15) is 4.79 Å². The first-order valence-corrected chi connectivity index (χ1v) is 9.06. The lowest BCUT2D eigenvalue weighted by Crippen LogP contribution is -2.53. The third-order valence-corrected chi connectivity index (χ3v) is 4.84. The quantitative estimate of drug-likeness (QED) is 0.864. The number of carbonyl (C=O) groups excluding carboxylic acids is 1. The minimum atomic E-state index is -0.203. The van der Waals surface area contributed by atoms with Crippen LogP contribution in [-0.2, 0) is 4.79 Å². The fraction of sp³-hybridized carbons (Fsp3) is 0.350. The minimum absolute atomic E-state index is 0.0302. The Hall–Kier alpha value is -1.88. The first-order valence-electron chi connectivity index (χ1n) is 8.68. The summed E-state index contributed by atoms with van der Waals surface area (Å²) in [6, 6.07) is 17.8. The van der Waals surface area contributed by atoms with Crippen molar-refractivity contribution in [1.82, 2.24) is 15.5 Å². The summed E-state index contributed by atoms with van der Waals surface area (Å²) in [5.41, 5.74) is 2.03. The van der Waals surface area contributed by atoms with Gasteiger partial charge in [-0.3, -0.25) is 9.69 Å². The molecule has 4 nitrogen and oxygen atoms in total. The first kappa shape index (κ1) is 17.9. The van der Waals surface area contributed by atoms with Crippen molar-refractivity contribution in [2.24, 2.45) is 0 Å². The van der Waals surface area contributed by atoms with Gasteiger partial charge < -0.3 is 10.6 Å². The van der Waals surface area contributed by atoms with E-state index >= 15 is 0 Å². The van der Waals surface area contributed by atoms with E-state index in [1.54, 1.807) is 0 Å². The zero-order chi connectivity index (χ0) is 17.6. The molecule has 0 aliphatic carbocycles. The number of hydrogen-bond acceptors (Lipinski definition) is 3. The van der Waals surface area contributed by atoms with E-state index in [1.165, 1.54) is 0 Å². The van der Waals surface area contributed by atoms with Crippen molar-refractivity contribution in [2.45, 2.75) is 19.0 Å². The highest BCUT2D eigenvalue weighted by Gasteiger charge is 2.23. The monoisotopic (exact) mass is 357 g/mol. The predicted molar refractivity (Wildman–Crippen MR) is 102 cm³/mol. The third kappa shape index (κ3) is 4.82. The summed E-state index contributed by atoms with van der Waals surface area (Å²) in [6.45, 7) is 5.29. The molecule has 1 saturated heterocycles. The molecule has 1 fully saturated rings. The van der Waals surface area contributed by atoms with Gasteiger partial charge in [0.25, 0.3) is 0 Å². The topological polar surface area (TPSA) is 44.4 Å². The Labute approximate surface area is 154 Å². The number of amides is 1. The molecule has 0 aromatic heterocycles. The van der Waals surface area contributed by atoms with E-state index in [0.29, 0.717) is 17.6 Å². The number of nitrogens with zero attached hydrogens (tertiary/aromatic N) is 1. The summed E-state index contributed by atoms with van der Waals surface area (Å²) in [6.07, 6.45) is 0. The van der Waals surface area contributed by atoms with Crippen molar-refractivity contribution in [2.75, 3.05) is 26.2 Å². The van der Waals surface area contributed by atoms with Gasteiger partial charge in [0.1, 0.15) is 0 Å². The van der Waals surface area contributed by atoms with Crippen LogP contribution in [0.5, 0.6) is 0 Å². The standard InChI is InChI=1S/C20H24ClN3O/c1-15-13-22-10-11-24(15)14-19(25)23-20(16-6-3-2-4-7-16)17-8-5-9-18(21)12-17/h2-9,12,15,20,22H,10-11,13-14H2,1H3,(H,23,25)/t15-,20?/m0/s1. The van der Waals surface area contributed by atoms with Crippen LogP contribution in [0.2, 0.25) is 5.02 Å². The molecule has 0 bridgehead atoms. The van der Waals surface area contributed by atoms with Gasteiger partial charge in [-0.2, -0.15) is 0 Å². The van der Waals surface area contributed by atoms with Crippen LogP contribution in [0.3, 0.4) is 0 Å². The van der Waals surface area contributed by atoms with Crippen LogP contribution in [-0.4, -0.2) is 43.0 Å². The largest absolute Gasteiger partial charge is 0.344 e. The number of nitrogens with one attached hydrogen (secondary N) is 2. The van der Waals surface area contributed by atoms with Gasteiger partial charge in [-0.1, -0.05) is 54.1 Å². The second-order valence-electron chi connectivity index (χ2n) is 6.49. The van der Waals surface area contributed by atoms with Crippen LogP contribution in [0.4, 0.5) is 0 Å². The van der Waals surface area contributed by atoms with Crippen LogP contribution in [0, 0.1) is 0 Å². The van der Waals surface area contributed by atoms with E-state index in [0.717, 1.165) is 30.8 Å². The molecule has 2 aromatic rings. The number of halogens is 1. The van der Waals surface area contributed by atoms with E-state index in [-0.39, 0.29) is 11.9 Å². The Morgan fingerprint density at radius 1 is 1.24 bits per heavy atom. The van der Waals surface area contributed by atoms with Gasteiger partial charge in [0.2, 0.25) is 5.91 Å². The molecule has 2 aromatic carbocycles. The summed E-state index contributed by atoms with van der Waals surface area (Å²) in [7, 11) is 0. The van der Waals surface area contributed by atoms with Crippen molar-refractivity contribution < 1.29 is 4.79 Å². The highest BCUT2D eigenvalue weighted by molar-refractivity contribution is 6.30. The van der Waals surface area contributed by atoms with Gasteiger partial charge in [-0.25, -0.2) is 0 Å². The summed E-state index contributed by atoms with van der Waals surface area (Å²) in [4.78, 5) is 14.9. The SMILES string of the molecule is C[C@H]1CNCCN1CC(=O)NC(c1ccccc1)c1cccc(Cl)c1. The van der Waals surface area contributed by atoms with Crippen molar-refractivity contribution in [3.05, 3.63) is 70.7 Å². The molecule has 1 aliphatic rings. The molecular formula is C20H24ClN3O. The van der Waals surface area contributed by atoms with E-state index < -0.39 is 0 Å². The summed E-state index contributed by atoms with van der Waals surface area (Å²) in [5.74, 6) is 0.0302. The maximum absolute atomic E-state index is 12.7. The minimum Gasteiger partial charge on any atom is -0.344 e. The molecule has 3 rings (SSSR count). The molecule has 2 N–H and O–H groups in total. The molecule has 0 radical (unpaired) electrons. The lowest BCUT2D eigenvalue weighted by atomic mass is 9.98. The Morgan fingerprint density at radius 2 is 2.00 bits per heavy atom. The second-order valence-corrected chi connectivity index (χ2v) is 6.93. The lowest BCUT2D eigenvalue weighted by Gasteiger charge is -2.33. The number of piperazine rings is 1. The van der Waals surface area contributed by atoms with Crippen LogP contribution in [0.25, 0.3) is 0 Å². The third-order valence-electron chi connectivity index (χ3n) is 4.61. The van der Waals surface area contributed by atoms with E-state index in [1.807, 2.05) is 54.6 Å². The van der Waals surface area contributed by atoms with Crippen LogP contribution < -0.4 is 10.6 Å². The molecule has 0 saturated carbocycles. The molecule has 132 valence electrons. The summed E-state index contributed by atoms with van der Waals surface area (Å²) < 4.78 is 0. The zero-order valence-corrected chi connectivity index (χ0v) is 15.2. The van der Waals surface area contributed by atoms with Crippen LogP contribution in [0.15, 0.2) is 54.6 Å². The van der Waals surface area contributed by atoms with E-state index in [4.69, 9.17) is 11.6 Å². The van der Waals surface area contributed by atoms with Crippen molar-refractivity contribution in [3.63, 3.8) is 0 Å². The first-order chi connectivity index (χ1) is 12.1. The normalized spacial score (nSPS) is 19.4. The summed E-state index contributed by atoms with van der Waals surface area (Å²) in [5, 5.41) is 7.20. The van der Waals surface area contributed by atoms with Crippen LogP contribution >= 0.6 is 11.6 Å². The molecule has 25 heavy (non-hydrogen) atoms. The van der Waals surface area contributed by atoms with Crippen LogP contribution in [0.1, 0.15) is 24.1 Å². The smallest absolute Gasteiger partial charge is 0.234 e. The van der Waals surface area contributed by atoms with Gasteiger partial charge in [-0.15, -0.1) is 0 Å².